The molecule has 6 nitrogen and oxygen atoms in total. The van der Waals surface area contributed by atoms with Crippen LogP contribution in [0.25, 0.3) is 11.4 Å². The zero-order valence-corrected chi connectivity index (χ0v) is 12.5. The van der Waals surface area contributed by atoms with Gasteiger partial charge >= 0.3 is 5.97 Å². The maximum absolute atomic E-state index is 11.1. The fourth-order valence-electron chi connectivity index (χ4n) is 2.73. The second kappa shape index (κ2) is 6.27. The van der Waals surface area contributed by atoms with Gasteiger partial charge in [-0.3, -0.25) is 9.69 Å². The molecule has 0 aliphatic carbocycles. The van der Waals surface area contributed by atoms with E-state index in [2.05, 4.69) is 15.0 Å². The quantitative estimate of drug-likeness (QED) is 0.933. The lowest BCUT2D eigenvalue weighted by atomic mass is 9.98. The van der Waals surface area contributed by atoms with Gasteiger partial charge in [-0.05, 0) is 26.3 Å². The van der Waals surface area contributed by atoms with Crippen LogP contribution in [-0.4, -0.2) is 39.2 Å². The molecule has 1 aliphatic heterocycles. The average molecular weight is 301 g/mol. The van der Waals surface area contributed by atoms with Crippen molar-refractivity contribution in [3.8, 4) is 11.4 Å². The fraction of sp³-hybridized carbons (Fsp3) is 0.438. The predicted molar refractivity (Wildman–Crippen MR) is 80.1 cm³/mol. The van der Waals surface area contributed by atoms with E-state index in [-0.39, 0.29) is 5.92 Å². The molecule has 6 heteroatoms. The van der Waals surface area contributed by atoms with Crippen LogP contribution in [0.4, 0.5) is 0 Å². The van der Waals surface area contributed by atoms with Gasteiger partial charge in [-0.25, -0.2) is 0 Å². The zero-order valence-electron chi connectivity index (χ0n) is 12.5. The molecular formula is C16H19N3O3. The number of hydrogen-bond donors (Lipinski definition) is 1. The second-order valence-corrected chi connectivity index (χ2v) is 5.79. The number of rotatable bonds is 4. The van der Waals surface area contributed by atoms with Gasteiger partial charge in [-0.2, -0.15) is 4.98 Å². The Morgan fingerprint density at radius 1 is 1.41 bits per heavy atom. The highest BCUT2D eigenvalue weighted by atomic mass is 16.5. The number of hydrogen-bond acceptors (Lipinski definition) is 5. The van der Waals surface area contributed by atoms with Crippen LogP contribution in [0.2, 0.25) is 0 Å². The molecule has 0 unspecified atom stereocenters. The summed E-state index contributed by atoms with van der Waals surface area (Å²) in [5.41, 5.74) is 2.10. The molecule has 116 valence electrons. The summed E-state index contributed by atoms with van der Waals surface area (Å²) in [5.74, 6) is 0.0761. The van der Waals surface area contributed by atoms with Crippen LogP contribution in [0.5, 0.6) is 0 Å². The van der Waals surface area contributed by atoms with E-state index in [1.165, 1.54) is 5.56 Å². The average Bonchev–Trinajstić information content (AvgIpc) is 2.96. The Balaban J connectivity index is 1.66. The molecule has 2 heterocycles. The lowest BCUT2D eigenvalue weighted by molar-refractivity contribution is -0.143. The van der Waals surface area contributed by atoms with Crippen molar-refractivity contribution in [1.29, 1.82) is 0 Å². The number of aromatic nitrogens is 2. The van der Waals surface area contributed by atoms with Crippen LogP contribution < -0.4 is 0 Å². The molecule has 0 spiro atoms. The zero-order chi connectivity index (χ0) is 15.5. The van der Waals surface area contributed by atoms with E-state index in [1.54, 1.807) is 0 Å². The molecule has 1 saturated heterocycles. The maximum atomic E-state index is 11.1. The molecular weight excluding hydrogens is 282 g/mol. The summed E-state index contributed by atoms with van der Waals surface area (Å²) in [5, 5.41) is 13.1. The Morgan fingerprint density at radius 2 is 2.18 bits per heavy atom. The summed E-state index contributed by atoms with van der Waals surface area (Å²) < 4.78 is 5.30. The minimum atomic E-state index is -0.726. The van der Waals surface area contributed by atoms with Crippen LogP contribution >= 0.6 is 0 Å². The number of benzene rings is 1. The molecule has 0 saturated carbocycles. The first-order valence-corrected chi connectivity index (χ1v) is 7.46. The molecule has 1 aliphatic rings. The van der Waals surface area contributed by atoms with Gasteiger partial charge in [0.05, 0.1) is 12.5 Å². The van der Waals surface area contributed by atoms with Crippen molar-refractivity contribution in [2.45, 2.75) is 26.3 Å². The van der Waals surface area contributed by atoms with Crippen molar-refractivity contribution >= 4 is 5.97 Å². The molecule has 1 aromatic carbocycles. The lowest BCUT2D eigenvalue weighted by Crippen LogP contribution is -2.38. The molecule has 22 heavy (non-hydrogen) atoms. The molecule has 1 N–H and O–H groups in total. The normalized spacial score (nSPS) is 19.2. The van der Waals surface area contributed by atoms with E-state index in [0.717, 1.165) is 24.9 Å². The van der Waals surface area contributed by atoms with E-state index >= 15 is 0 Å². The maximum Gasteiger partial charge on any atom is 0.307 e. The summed E-state index contributed by atoms with van der Waals surface area (Å²) in [4.78, 5) is 17.6. The van der Waals surface area contributed by atoms with Gasteiger partial charge in [0.2, 0.25) is 11.7 Å². The highest BCUT2D eigenvalue weighted by Gasteiger charge is 2.26. The van der Waals surface area contributed by atoms with Crippen molar-refractivity contribution in [3.63, 3.8) is 0 Å². The number of carbonyl (C=O) groups is 1. The summed E-state index contributed by atoms with van der Waals surface area (Å²) in [6.07, 6.45) is 1.63. The minimum absolute atomic E-state index is 0.298. The van der Waals surface area contributed by atoms with Crippen molar-refractivity contribution in [3.05, 3.63) is 35.7 Å². The molecule has 0 bridgehead atoms. The fourth-order valence-corrected chi connectivity index (χ4v) is 2.73. The van der Waals surface area contributed by atoms with E-state index in [0.29, 0.717) is 24.8 Å². The van der Waals surface area contributed by atoms with Crippen LogP contribution in [0, 0.1) is 12.8 Å². The summed E-state index contributed by atoms with van der Waals surface area (Å²) in [6.45, 7) is 3.94. The second-order valence-electron chi connectivity index (χ2n) is 5.79. The number of aryl methyl sites for hydroxylation is 1. The Labute approximate surface area is 128 Å². The summed E-state index contributed by atoms with van der Waals surface area (Å²) >= 11 is 0. The third-order valence-corrected chi connectivity index (χ3v) is 3.99. The Bertz CT molecular complexity index is 651. The van der Waals surface area contributed by atoms with E-state index in [9.17, 15) is 4.79 Å². The number of aliphatic carboxylic acids is 1. The van der Waals surface area contributed by atoms with Crippen molar-refractivity contribution in [1.82, 2.24) is 15.0 Å². The number of carboxylic acids is 1. The first-order valence-electron chi connectivity index (χ1n) is 7.46. The van der Waals surface area contributed by atoms with Crippen molar-refractivity contribution in [2.75, 3.05) is 13.1 Å². The van der Waals surface area contributed by atoms with E-state index in [1.807, 2.05) is 31.2 Å². The predicted octanol–water partition coefficient (Wildman–Crippen LogP) is 2.34. The molecule has 0 radical (unpaired) electrons. The molecule has 1 atom stereocenters. The third-order valence-electron chi connectivity index (χ3n) is 3.99. The highest BCUT2D eigenvalue weighted by Crippen LogP contribution is 2.20. The summed E-state index contributed by atoms with van der Waals surface area (Å²) in [6, 6.07) is 7.94. The van der Waals surface area contributed by atoms with Gasteiger partial charge in [-0.1, -0.05) is 35.0 Å². The largest absolute Gasteiger partial charge is 0.481 e. The Morgan fingerprint density at radius 3 is 2.91 bits per heavy atom. The standard InChI is InChI=1S/C16H19N3O3/c1-11-4-6-12(7-5-11)15-17-14(22-18-15)10-19-8-2-3-13(9-19)16(20)21/h4-7,13H,2-3,8-10H2,1H3,(H,20,21)/t13-/m0/s1. The Kier molecular flexibility index (Phi) is 4.20. The van der Waals surface area contributed by atoms with Gasteiger partial charge in [0.1, 0.15) is 0 Å². The van der Waals surface area contributed by atoms with Gasteiger partial charge in [0, 0.05) is 12.1 Å². The lowest BCUT2D eigenvalue weighted by Gasteiger charge is -2.29. The van der Waals surface area contributed by atoms with Gasteiger partial charge < -0.3 is 9.63 Å². The molecule has 0 amide bonds. The first kappa shape index (κ1) is 14.7. The number of likely N-dealkylation sites (tertiary alicyclic amines) is 1. The number of nitrogens with zero attached hydrogens (tertiary/aromatic N) is 3. The number of piperidine rings is 1. The molecule has 2 aromatic rings. The van der Waals surface area contributed by atoms with Crippen molar-refractivity contribution in [2.24, 2.45) is 5.92 Å². The van der Waals surface area contributed by atoms with Gasteiger partial charge in [-0.15, -0.1) is 0 Å². The summed E-state index contributed by atoms with van der Waals surface area (Å²) in [7, 11) is 0. The first-order chi connectivity index (χ1) is 10.6. The van der Waals surface area contributed by atoms with E-state index < -0.39 is 5.97 Å². The molecule has 1 fully saturated rings. The van der Waals surface area contributed by atoms with Crippen LogP contribution in [0.1, 0.15) is 24.3 Å². The Hall–Kier alpha value is -2.21. The highest BCUT2D eigenvalue weighted by molar-refractivity contribution is 5.70. The SMILES string of the molecule is Cc1ccc(-c2noc(CN3CCC[C@H](C(=O)O)C3)n2)cc1. The third kappa shape index (κ3) is 3.33. The molecule has 1 aromatic heterocycles. The van der Waals surface area contributed by atoms with Gasteiger partial charge in [0.15, 0.2) is 0 Å². The van der Waals surface area contributed by atoms with Crippen molar-refractivity contribution < 1.29 is 14.4 Å². The van der Waals surface area contributed by atoms with E-state index in [4.69, 9.17) is 9.63 Å². The smallest absolute Gasteiger partial charge is 0.307 e. The topological polar surface area (TPSA) is 79.5 Å². The minimum Gasteiger partial charge on any atom is -0.481 e. The van der Waals surface area contributed by atoms with Gasteiger partial charge in [0.25, 0.3) is 0 Å². The monoisotopic (exact) mass is 301 g/mol. The van der Waals surface area contributed by atoms with Crippen LogP contribution in [0.3, 0.4) is 0 Å². The molecule has 3 rings (SSSR count). The van der Waals surface area contributed by atoms with Crippen LogP contribution in [-0.2, 0) is 11.3 Å². The number of carboxylic acid groups (broad SMARTS) is 1. The van der Waals surface area contributed by atoms with Crippen LogP contribution in [0.15, 0.2) is 28.8 Å².